The van der Waals surface area contributed by atoms with Gasteiger partial charge in [-0.05, 0) is 29.8 Å². The summed E-state index contributed by atoms with van der Waals surface area (Å²) in [5, 5.41) is 23.4. The van der Waals surface area contributed by atoms with Crippen LogP contribution in [0.4, 0.5) is 15.8 Å². The molecule has 2 aromatic carbocycles. The van der Waals surface area contributed by atoms with Crippen LogP contribution in [0.1, 0.15) is 23.0 Å². The van der Waals surface area contributed by atoms with Gasteiger partial charge in [-0.15, -0.1) is 0 Å². The van der Waals surface area contributed by atoms with E-state index in [-0.39, 0.29) is 16.9 Å². The van der Waals surface area contributed by atoms with Crippen LogP contribution in [-0.2, 0) is 7.05 Å². The zero-order valence-corrected chi connectivity index (χ0v) is 13.8. The first kappa shape index (κ1) is 17.1. The third kappa shape index (κ3) is 3.37. The molecule has 1 aromatic heterocycles. The fourth-order valence-corrected chi connectivity index (χ4v) is 2.67. The van der Waals surface area contributed by atoms with Crippen LogP contribution in [-0.4, -0.2) is 14.5 Å². The van der Waals surface area contributed by atoms with Crippen molar-refractivity contribution in [1.29, 1.82) is 5.26 Å². The maximum Gasteiger partial charge on any atom is 0.293 e. The van der Waals surface area contributed by atoms with Gasteiger partial charge in [-0.3, -0.25) is 10.1 Å². The van der Waals surface area contributed by atoms with Crippen molar-refractivity contribution in [3.8, 4) is 6.07 Å². The van der Waals surface area contributed by atoms with E-state index in [1.165, 1.54) is 30.3 Å². The van der Waals surface area contributed by atoms with Gasteiger partial charge in [0.05, 0.1) is 16.6 Å². The van der Waals surface area contributed by atoms with E-state index < -0.39 is 16.8 Å². The van der Waals surface area contributed by atoms with Crippen molar-refractivity contribution in [3.63, 3.8) is 0 Å². The van der Waals surface area contributed by atoms with Crippen LogP contribution in [0, 0.1) is 27.3 Å². The molecular formula is C18H14FN5O2. The second-order valence-electron chi connectivity index (χ2n) is 5.63. The van der Waals surface area contributed by atoms with E-state index >= 15 is 0 Å². The van der Waals surface area contributed by atoms with Crippen molar-refractivity contribution >= 4 is 11.4 Å². The van der Waals surface area contributed by atoms with E-state index in [2.05, 4.69) is 10.3 Å². The van der Waals surface area contributed by atoms with Crippen molar-refractivity contribution in [3.05, 3.63) is 87.7 Å². The van der Waals surface area contributed by atoms with Gasteiger partial charge in [0.2, 0.25) is 0 Å². The monoisotopic (exact) mass is 351 g/mol. The Morgan fingerprint density at radius 3 is 2.77 bits per heavy atom. The van der Waals surface area contributed by atoms with Crippen molar-refractivity contribution in [1.82, 2.24) is 9.55 Å². The van der Waals surface area contributed by atoms with Crippen LogP contribution in [0.25, 0.3) is 0 Å². The number of halogens is 1. The van der Waals surface area contributed by atoms with Crippen molar-refractivity contribution < 1.29 is 9.31 Å². The number of nitro groups is 1. The van der Waals surface area contributed by atoms with Gasteiger partial charge in [0.25, 0.3) is 5.69 Å². The fraction of sp³-hybridized carbons (Fsp3) is 0.111. The smallest absolute Gasteiger partial charge is 0.293 e. The molecule has 0 amide bonds. The number of hydrogen-bond donors (Lipinski definition) is 1. The number of nitro benzene ring substituents is 1. The lowest BCUT2D eigenvalue weighted by Crippen LogP contribution is -2.17. The summed E-state index contributed by atoms with van der Waals surface area (Å²) >= 11 is 0. The number of imidazole rings is 1. The summed E-state index contributed by atoms with van der Waals surface area (Å²) in [4.78, 5) is 15.1. The number of benzene rings is 2. The number of nitrogens with one attached hydrogen (secondary N) is 1. The number of aryl methyl sites for hydroxylation is 1. The highest BCUT2D eigenvalue weighted by molar-refractivity contribution is 5.65. The van der Waals surface area contributed by atoms with Crippen molar-refractivity contribution in [2.75, 3.05) is 5.32 Å². The molecule has 0 aliphatic heterocycles. The van der Waals surface area contributed by atoms with E-state index in [1.807, 2.05) is 6.07 Å². The first-order valence-electron chi connectivity index (χ1n) is 7.67. The molecule has 0 unspecified atom stereocenters. The SMILES string of the molecule is Cn1ccnc1[C@H](Nc1ccc(C#N)cc1[N+](=O)[O-])c1cccc(F)c1. The predicted molar refractivity (Wildman–Crippen MR) is 92.9 cm³/mol. The molecule has 0 fully saturated rings. The number of aromatic nitrogens is 2. The second-order valence-corrected chi connectivity index (χ2v) is 5.63. The number of anilines is 1. The number of rotatable bonds is 5. The summed E-state index contributed by atoms with van der Waals surface area (Å²) in [6.45, 7) is 0. The van der Waals surface area contributed by atoms with Crippen LogP contribution in [0.2, 0.25) is 0 Å². The summed E-state index contributed by atoms with van der Waals surface area (Å²) in [5.41, 5.74) is 0.727. The zero-order valence-electron chi connectivity index (χ0n) is 13.8. The Morgan fingerprint density at radius 1 is 1.35 bits per heavy atom. The Hall–Kier alpha value is -3.73. The minimum absolute atomic E-state index is 0.182. The van der Waals surface area contributed by atoms with Gasteiger partial charge in [0, 0.05) is 25.5 Å². The molecule has 0 radical (unpaired) electrons. The van der Waals surface area contributed by atoms with E-state index in [1.54, 1.807) is 36.1 Å². The average molecular weight is 351 g/mol. The number of nitriles is 1. The van der Waals surface area contributed by atoms with E-state index in [0.29, 0.717) is 11.4 Å². The van der Waals surface area contributed by atoms with Gasteiger partial charge in [0.1, 0.15) is 23.4 Å². The van der Waals surface area contributed by atoms with Gasteiger partial charge in [0.15, 0.2) is 0 Å². The standard InChI is InChI=1S/C18H14FN5O2/c1-23-8-7-21-18(23)17(13-3-2-4-14(19)10-13)22-15-6-5-12(11-20)9-16(15)24(25)26/h2-10,17,22H,1H3/t17-/m1/s1. The molecule has 8 heteroatoms. The number of hydrogen-bond acceptors (Lipinski definition) is 5. The molecule has 1 N–H and O–H groups in total. The lowest BCUT2D eigenvalue weighted by atomic mass is 10.0. The zero-order chi connectivity index (χ0) is 18.7. The topological polar surface area (TPSA) is 96.8 Å². The van der Waals surface area contributed by atoms with Crippen LogP contribution in [0.5, 0.6) is 0 Å². The third-order valence-electron chi connectivity index (χ3n) is 3.92. The van der Waals surface area contributed by atoms with Crippen molar-refractivity contribution in [2.24, 2.45) is 7.05 Å². The molecule has 0 aliphatic carbocycles. The molecule has 0 saturated heterocycles. The predicted octanol–water partition coefficient (Wildman–Crippen LogP) is 3.54. The minimum Gasteiger partial charge on any atom is -0.366 e. The van der Waals surface area contributed by atoms with Gasteiger partial charge in [-0.2, -0.15) is 5.26 Å². The summed E-state index contributed by atoms with van der Waals surface area (Å²) < 4.78 is 15.5. The molecule has 130 valence electrons. The Labute approximate surface area is 148 Å². The Morgan fingerprint density at radius 2 is 2.15 bits per heavy atom. The highest BCUT2D eigenvalue weighted by atomic mass is 19.1. The summed E-state index contributed by atoms with van der Waals surface area (Å²) in [7, 11) is 1.78. The molecule has 1 atom stereocenters. The molecule has 0 saturated carbocycles. The average Bonchev–Trinajstić information content (AvgIpc) is 3.05. The molecule has 7 nitrogen and oxygen atoms in total. The summed E-state index contributed by atoms with van der Waals surface area (Å²) in [5.74, 6) is 0.145. The summed E-state index contributed by atoms with van der Waals surface area (Å²) in [6, 6.07) is 11.4. The minimum atomic E-state index is -0.614. The maximum atomic E-state index is 13.7. The van der Waals surface area contributed by atoms with Crippen LogP contribution in [0.3, 0.4) is 0 Å². The lowest BCUT2D eigenvalue weighted by Gasteiger charge is -2.20. The summed E-state index contributed by atoms with van der Waals surface area (Å²) in [6.07, 6.45) is 3.33. The van der Waals surface area contributed by atoms with Gasteiger partial charge in [-0.1, -0.05) is 12.1 Å². The maximum absolute atomic E-state index is 13.7. The number of nitrogens with zero attached hydrogens (tertiary/aromatic N) is 4. The molecule has 3 rings (SSSR count). The van der Waals surface area contributed by atoms with E-state index in [9.17, 15) is 14.5 Å². The van der Waals surface area contributed by atoms with Crippen LogP contribution in [0.15, 0.2) is 54.9 Å². The Bertz CT molecular complexity index is 1010. The third-order valence-corrected chi connectivity index (χ3v) is 3.92. The molecule has 1 heterocycles. The fourth-order valence-electron chi connectivity index (χ4n) is 2.67. The first-order chi connectivity index (χ1) is 12.5. The van der Waals surface area contributed by atoms with Gasteiger partial charge in [-0.25, -0.2) is 9.37 Å². The van der Waals surface area contributed by atoms with E-state index in [0.717, 1.165) is 0 Å². The first-order valence-corrected chi connectivity index (χ1v) is 7.67. The van der Waals surface area contributed by atoms with Crippen LogP contribution < -0.4 is 5.32 Å². The quantitative estimate of drug-likeness (QED) is 0.560. The Kier molecular flexibility index (Phi) is 4.62. The van der Waals surface area contributed by atoms with E-state index in [4.69, 9.17) is 5.26 Å². The van der Waals surface area contributed by atoms with Crippen LogP contribution >= 0.6 is 0 Å². The molecule has 0 bridgehead atoms. The highest BCUT2D eigenvalue weighted by Crippen LogP contribution is 2.32. The molecular weight excluding hydrogens is 337 g/mol. The van der Waals surface area contributed by atoms with Crippen molar-refractivity contribution in [2.45, 2.75) is 6.04 Å². The molecule has 3 aromatic rings. The molecule has 0 aliphatic rings. The Balaban J connectivity index is 2.09. The lowest BCUT2D eigenvalue weighted by molar-refractivity contribution is -0.384. The van der Waals surface area contributed by atoms with Gasteiger partial charge >= 0.3 is 0 Å². The van der Waals surface area contributed by atoms with Gasteiger partial charge < -0.3 is 9.88 Å². The second kappa shape index (κ2) is 7.03. The molecule has 0 spiro atoms. The molecule has 26 heavy (non-hydrogen) atoms. The highest BCUT2D eigenvalue weighted by Gasteiger charge is 2.23. The normalized spacial score (nSPS) is 11.6. The largest absolute Gasteiger partial charge is 0.366 e.